The summed E-state index contributed by atoms with van der Waals surface area (Å²) in [5.74, 6) is 1.27. The number of carbonyl (C=O) groups is 1. The number of imidazole rings is 1. The van der Waals surface area contributed by atoms with Crippen molar-refractivity contribution in [3.05, 3.63) is 165 Å². The highest BCUT2D eigenvalue weighted by atomic mass is 79.9. The Hall–Kier alpha value is -4.72. The predicted molar refractivity (Wildman–Crippen MR) is 215 cm³/mol. The molecule has 0 radical (unpaired) electrons. The number of aromatic nitrogens is 2. The number of fused-ring (bicyclic) bond motifs is 3. The first-order valence-electron chi connectivity index (χ1n) is 17.5. The number of benzene rings is 5. The molecular weight excluding hydrogens is 817 g/mol. The van der Waals surface area contributed by atoms with E-state index in [0.29, 0.717) is 49.0 Å². The molecule has 3 unspecified atom stereocenters. The molecule has 3 aliphatic rings. The fraction of sp³-hybridized carbons (Fsp3) is 0.214. The van der Waals surface area contributed by atoms with Crippen LogP contribution in [0.1, 0.15) is 40.6 Å². The van der Waals surface area contributed by atoms with Crippen molar-refractivity contribution in [1.82, 2.24) is 14.9 Å². The highest BCUT2D eigenvalue weighted by Crippen LogP contribution is 2.32. The molecule has 4 heterocycles. The van der Waals surface area contributed by atoms with Gasteiger partial charge in [-0.05, 0) is 53.1 Å². The Morgan fingerprint density at radius 2 is 1.33 bits per heavy atom. The Balaban J connectivity index is 0.000000129. The lowest BCUT2D eigenvalue weighted by Gasteiger charge is -2.26. The van der Waals surface area contributed by atoms with Gasteiger partial charge in [0.1, 0.15) is 43.3 Å². The number of hydrogen-bond donors (Lipinski definition) is 2. The molecule has 5 aromatic carbocycles. The zero-order chi connectivity index (χ0) is 37.3. The molecule has 9 nitrogen and oxygen atoms in total. The summed E-state index contributed by atoms with van der Waals surface area (Å²) in [7, 11) is 0. The lowest BCUT2D eigenvalue weighted by atomic mass is 10.1. The van der Waals surface area contributed by atoms with Crippen LogP contribution in [-0.4, -0.2) is 54.3 Å². The first kappa shape index (κ1) is 37.6. The normalized spacial score (nSPS) is 19.2. The summed E-state index contributed by atoms with van der Waals surface area (Å²) in [6, 6.07) is 41.5. The van der Waals surface area contributed by atoms with Gasteiger partial charge >= 0.3 is 0 Å². The number of hydrogen-bond acceptors (Lipinski definition) is 7. The average molecular weight is 856 g/mol. The molecule has 3 atom stereocenters. The predicted octanol–water partition coefficient (Wildman–Crippen LogP) is 8.96. The van der Waals surface area contributed by atoms with Crippen molar-refractivity contribution in [2.75, 3.05) is 38.4 Å². The number of halogens is 3. The summed E-state index contributed by atoms with van der Waals surface area (Å²) in [5.41, 5.74) is 6.02. The summed E-state index contributed by atoms with van der Waals surface area (Å²) in [4.78, 5) is 20.3. The minimum Gasteiger partial charge on any atom is -0.371 e. The Labute approximate surface area is 329 Å². The molecule has 2 N–H and O–H groups in total. The molecule has 0 bridgehead atoms. The van der Waals surface area contributed by atoms with Gasteiger partial charge in [0, 0.05) is 8.95 Å². The second-order valence-corrected chi connectivity index (χ2v) is 14.6. The molecule has 0 aliphatic carbocycles. The number of anilines is 1. The van der Waals surface area contributed by atoms with Gasteiger partial charge in [-0.15, -0.1) is 0 Å². The van der Waals surface area contributed by atoms with Crippen molar-refractivity contribution < 1.29 is 23.4 Å². The van der Waals surface area contributed by atoms with E-state index in [-0.39, 0.29) is 36.5 Å². The molecular formula is C42H38Br2FN5O4. The van der Waals surface area contributed by atoms with Crippen molar-refractivity contribution in [2.24, 2.45) is 4.99 Å². The number of ether oxygens (including phenoxy) is 3. The Morgan fingerprint density at radius 3 is 2.04 bits per heavy atom. The van der Waals surface area contributed by atoms with Crippen LogP contribution in [0, 0.1) is 5.82 Å². The van der Waals surface area contributed by atoms with Crippen LogP contribution in [-0.2, 0) is 25.6 Å². The molecule has 12 heteroatoms. The molecule has 0 spiro atoms. The molecule has 1 aromatic heterocycles. The molecule has 9 rings (SSSR count). The zero-order valence-corrected chi connectivity index (χ0v) is 32.4. The Bertz CT molecular complexity index is 2210. The molecule has 6 aromatic rings. The lowest BCUT2D eigenvalue weighted by molar-refractivity contribution is -0.131. The monoisotopic (exact) mass is 853 g/mol. The van der Waals surface area contributed by atoms with E-state index in [1.54, 1.807) is 12.1 Å². The zero-order valence-electron chi connectivity index (χ0n) is 29.2. The number of nitrogens with one attached hydrogen (secondary N) is 2. The highest BCUT2D eigenvalue weighted by Gasteiger charge is 2.25. The van der Waals surface area contributed by atoms with E-state index in [0.717, 1.165) is 32.5 Å². The largest absolute Gasteiger partial charge is 0.371 e. The number of rotatable bonds is 4. The molecule has 3 aliphatic heterocycles. The second kappa shape index (κ2) is 18.1. The van der Waals surface area contributed by atoms with Crippen molar-refractivity contribution in [1.29, 1.82) is 0 Å². The van der Waals surface area contributed by atoms with Gasteiger partial charge in [-0.2, -0.15) is 0 Å². The third-order valence-electron chi connectivity index (χ3n) is 9.00. The number of nitrogens with zero attached hydrogens (tertiary/aromatic N) is 3. The maximum Gasteiger partial charge on any atom is 0.246 e. The molecule has 276 valence electrons. The van der Waals surface area contributed by atoms with Crippen LogP contribution in [0.5, 0.6) is 0 Å². The molecule has 54 heavy (non-hydrogen) atoms. The van der Waals surface area contributed by atoms with Gasteiger partial charge in [-0.25, -0.2) is 9.37 Å². The van der Waals surface area contributed by atoms with Crippen LogP contribution in [0.3, 0.4) is 0 Å². The SMILES string of the molecule is Brc1ccc2nc3n(c2c1)C(c1ccccc1)COC3.Fc1cc(Br)ccc1NC1=NC(c2ccccc2)COC1.O=C1COCC(c2ccccc2)N1. The third kappa shape index (κ3) is 9.49. The summed E-state index contributed by atoms with van der Waals surface area (Å²) in [6.45, 7) is 2.92. The van der Waals surface area contributed by atoms with Crippen molar-refractivity contribution in [3.63, 3.8) is 0 Å². The summed E-state index contributed by atoms with van der Waals surface area (Å²) >= 11 is 6.79. The summed E-state index contributed by atoms with van der Waals surface area (Å²) < 4.78 is 34.3. The standard InChI is InChI=1S/C16H14BrFN2O.C16H13BrN2O.C10H11NO2/c17-12-6-7-14(13(18)8-12)19-16-10-21-9-15(20-16)11-4-2-1-3-5-11;17-12-6-7-13-14(8-12)19-15(9-20-10-16(19)18-13)11-4-2-1-3-5-11;12-10-7-13-6-9(11-10)8-4-2-1-3-5-8/h1-8,15H,9-10H2,(H,19,20);1-8,15H,9-10H2;1-5,9H,6-7H2,(H,11,12). The smallest absolute Gasteiger partial charge is 0.246 e. The number of amidine groups is 1. The maximum atomic E-state index is 13.8. The topological polar surface area (TPSA) is 99.0 Å². The first-order valence-corrected chi connectivity index (χ1v) is 19.1. The van der Waals surface area contributed by atoms with Gasteiger partial charge in [0.25, 0.3) is 0 Å². The van der Waals surface area contributed by atoms with Gasteiger partial charge in [0.2, 0.25) is 5.91 Å². The Morgan fingerprint density at radius 1 is 0.704 bits per heavy atom. The van der Waals surface area contributed by atoms with E-state index in [4.69, 9.17) is 14.2 Å². The number of aliphatic imine (C=N–C) groups is 1. The van der Waals surface area contributed by atoms with Gasteiger partial charge in [0.05, 0.1) is 48.6 Å². The highest BCUT2D eigenvalue weighted by molar-refractivity contribution is 9.10. The van der Waals surface area contributed by atoms with E-state index in [2.05, 4.69) is 87.4 Å². The van der Waals surface area contributed by atoms with Crippen LogP contribution in [0.15, 0.2) is 141 Å². The van der Waals surface area contributed by atoms with Crippen LogP contribution < -0.4 is 10.6 Å². The fourth-order valence-corrected chi connectivity index (χ4v) is 7.11. The van der Waals surface area contributed by atoms with E-state index < -0.39 is 0 Å². The minimum absolute atomic E-state index is 0.0162. The molecule has 1 saturated heterocycles. The van der Waals surface area contributed by atoms with Gasteiger partial charge < -0.3 is 29.4 Å². The summed E-state index contributed by atoms with van der Waals surface area (Å²) in [5, 5.41) is 5.87. The minimum atomic E-state index is -0.325. The van der Waals surface area contributed by atoms with E-state index in [1.807, 2.05) is 78.9 Å². The van der Waals surface area contributed by atoms with Gasteiger partial charge in [-0.1, -0.05) is 123 Å². The quantitative estimate of drug-likeness (QED) is 0.184. The third-order valence-corrected chi connectivity index (χ3v) is 9.99. The van der Waals surface area contributed by atoms with Crippen molar-refractivity contribution in [2.45, 2.75) is 24.7 Å². The first-order chi connectivity index (χ1) is 26.4. The van der Waals surface area contributed by atoms with Gasteiger partial charge in [0.15, 0.2) is 0 Å². The fourth-order valence-electron chi connectivity index (χ4n) is 6.43. The van der Waals surface area contributed by atoms with Crippen LogP contribution in [0.2, 0.25) is 0 Å². The molecule has 0 saturated carbocycles. The van der Waals surface area contributed by atoms with Crippen LogP contribution >= 0.6 is 31.9 Å². The van der Waals surface area contributed by atoms with E-state index >= 15 is 0 Å². The molecule has 1 amide bonds. The van der Waals surface area contributed by atoms with Crippen molar-refractivity contribution in [3.8, 4) is 0 Å². The van der Waals surface area contributed by atoms with E-state index in [1.165, 1.54) is 11.6 Å². The number of morpholine rings is 1. The maximum absolute atomic E-state index is 13.8. The molecule has 1 fully saturated rings. The average Bonchev–Trinajstić information content (AvgIpc) is 3.59. The van der Waals surface area contributed by atoms with E-state index in [9.17, 15) is 9.18 Å². The number of carbonyl (C=O) groups excluding carboxylic acids is 1. The van der Waals surface area contributed by atoms with Crippen molar-refractivity contribution >= 4 is 60.3 Å². The second-order valence-electron chi connectivity index (χ2n) is 12.8. The van der Waals surface area contributed by atoms with Gasteiger partial charge in [-0.3, -0.25) is 9.79 Å². The number of amides is 1. The van der Waals surface area contributed by atoms with Crippen LogP contribution in [0.25, 0.3) is 11.0 Å². The summed E-state index contributed by atoms with van der Waals surface area (Å²) in [6.07, 6.45) is 0. The van der Waals surface area contributed by atoms with Crippen LogP contribution in [0.4, 0.5) is 10.1 Å². The lowest BCUT2D eigenvalue weighted by Crippen LogP contribution is -2.39. The Kier molecular flexibility index (Phi) is 12.6.